The monoisotopic (exact) mass is 500 g/mol. The highest BCUT2D eigenvalue weighted by Crippen LogP contribution is 2.19. The number of hydrogen-bond donors (Lipinski definition) is 2. The normalized spacial score (nSPS) is 17.3. The average molecular weight is 501 g/mol. The zero-order valence-electron chi connectivity index (χ0n) is 20.6. The average Bonchev–Trinajstić information content (AvgIpc) is 2.87. The topological polar surface area (TPSA) is 91.0 Å². The highest BCUT2D eigenvalue weighted by molar-refractivity contribution is 6.30. The SMILES string of the molecule is CCC(C)C(NC(=O)c1ccc(OC)cc1)C(=O)N1CCN(C(=O)Nc2ccc(Cl)cc2)C(C)C1. The molecular weight excluding hydrogens is 468 g/mol. The molecule has 3 rings (SSSR count). The molecule has 2 aromatic rings. The molecule has 1 aliphatic heterocycles. The number of hydrogen-bond acceptors (Lipinski definition) is 4. The molecule has 8 nitrogen and oxygen atoms in total. The maximum absolute atomic E-state index is 13.5. The maximum atomic E-state index is 13.5. The van der Waals surface area contributed by atoms with Crippen molar-refractivity contribution in [2.75, 3.05) is 32.1 Å². The number of rotatable bonds is 7. The fourth-order valence-electron chi connectivity index (χ4n) is 4.03. The number of methoxy groups -OCH3 is 1. The first kappa shape index (κ1) is 26.3. The minimum absolute atomic E-state index is 0.0498. The summed E-state index contributed by atoms with van der Waals surface area (Å²) in [7, 11) is 1.56. The van der Waals surface area contributed by atoms with Gasteiger partial charge in [0, 0.05) is 41.9 Å². The van der Waals surface area contributed by atoms with Crippen LogP contribution in [-0.2, 0) is 4.79 Å². The number of benzene rings is 2. The highest BCUT2D eigenvalue weighted by Gasteiger charge is 2.35. The molecule has 1 saturated heterocycles. The van der Waals surface area contributed by atoms with Gasteiger partial charge in [0.05, 0.1) is 7.11 Å². The standard InChI is InChI=1S/C26H33ClN4O4/c1-5-17(2)23(29-24(32)19-6-12-22(35-4)13-7-19)25(33)30-14-15-31(18(3)16-30)26(34)28-21-10-8-20(27)9-11-21/h6-13,17-18,23H,5,14-16H2,1-4H3,(H,28,34)(H,29,32). The molecule has 0 aliphatic carbocycles. The van der Waals surface area contributed by atoms with E-state index in [0.29, 0.717) is 41.7 Å². The molecule has 0 radical (unpaired) electrons. The van der Waals surface area contributed by atoms with Crippen LogP contribution < -0.4 is 15.4 Å². The van der Waals surface area contributed by atoms with Crippen molar-refractivity contribution in [1.29, 1.82) is 0 Å². The zero-order chi connectivity index (χ0) is 25.5. The first-order valence-electron chi connectivity index (χ1n) is 11.8. The molecule has 4 amide bonds. The highest BCUT2D eigenvalue weighted by atomic mass is 35.5. The van der Waals surface area contributed by atoms with Crippen LogP contribution in [0.4, 0.5) is 10.5 Å². The van der Waals surface area contributed by atoms with Crippen LogP contribution in [0, 0.1) is 5.92 Å². The molecule has 1 fully saturated rings. The Balaban J connectivity index is 1.63. The van der Waals surface area contributed by atoms with Gasteiger partial charge in [-0.2, -0.15) is 0 Å². The van der Waals surface area contributed by atoms with Crippen molar-refractivity contribution in [3.63, 3.8) is 0 Å². The van der Waals surface area contributed by atoms with Gasteiger partial charge in [-0.25, -0.2) is 4.79 Å². The van der Waals surface area contributed by atoms with Crippen molar-refractivity contribution in [2.24, 2.45) is 5.92 Å². The Bertz CT molecular complexity index is 1030. The van der Waals surface area contributed by atoms with Gasteiger partial charge in [-0.3, -0.25) is 9.59 Å². The third-order valence-electron chi connectivity index (χ3n) is 6.41. The van der Waals surface area contributed by atoms with Gasteiger partial charge in [0.25, 0.3) is 5.91 Å². The molecule has 0 bridgehead atoms. The molecule has 2 aromatic carbocycles. The quantitative estimate of drug-likeness (QED) is 0.594. The number of halogens is 1. The van der Waals surface area contributed by atoms with Crippen molar-refractivity contribution in [3.05, 3.63) is 59.1 Å². The Labute approximate surface area is 211 Å². The zero-order valence-corrected chi connectivity index (χ0v) is 21.3. The second kappa shape index (κ2) is 11.9. The van der Waals surface area contributed by atoms with Crippen LogP contribution in [0.3, 0.4) is 0 Å². The van der Waals surface area contributed by atoms with Gasteiger partial charge in [-0.1, -0.05) is 31.9 Å². The fourth-order valence-corrected chi connectivity index (χ4v) is 4.16. The van der Waals surface area contributed by atoms with Gasteiger partial charge in [0.15, 0.2) is 0 Å². The van der Waals surface area contributed by atoms with Gasteiger partial charge in [-0.05, 0) is 61.4 Å². The predicted octanol–water partition coefficient (Wildman–Crippen LogP) is 4.26. The predicted molar refractivity (Wildman–Crippen MR) is 137 cm³/mol. The number of carbonyl (C=O) groups is 3. The number of ether oxygens (including phenoxy) is 1. The summed E-state index contributed by atoms with van der Waals surface area (Å²) in [5.41, 5.74) is 1.12. The first-order valence-corrected chi connectivity index (χ1v) is 12.2. The van der Waals surface area contributed by atoms with Gasteiger partial charge < -0.3 is 25.2 Å². The van der Waals surface area contributed by atoms with Crippen molar-refractivity contribution in [2.45, 2.75) is 39.3 Å². The van der Waals surface area contributed by atoms with Crippen LogP contribution in [-0.4, -0.2) is 66.5 Å². The van der Waals surface area contributed by atoms with E-state index >= 15 is 0 Å². The smallest absolute Gasteiger partial charge is 0.322 e. The third-order valence-corrected chi connectivity index (χ3v) is 6.67. The van der Waals surface area contributed by atoms with E-state index in [-0.39, 0.29) is 29.8 Å². The van der Waals surface area contributed by atoms with E-state index in [4.69, 9.17) is 16.3 Å². The third kappa shape index (κ3) is 6.66. The van der Waals surface area contributed by atoms with E-state index in [1.165, 1.54) is 0 Å². The van der Waals surface area contributed by atoms with E-state index < -0.39 is 6.04 Å². The number of amides is 4. The minimum Gasteiger partial charge on any atom is -0.497 e. The molecule has 1 aliphatic rings. The second-order valence-electron chi connectivity index (χ2n) is 8.83. The lowest BCUT2D eigenvalue weighted by atomic mass is 9.96. The van der Waals surface area contributed by atoms with Crippen LogP contribution in [0.25, 0.3) is 0 Å². The first-order chi connectivity index (χ1) is 16.7. The van der Waals surface area contributed by atoms with Crippen molar-refractivity contribution in [1.82, 2.24) is 15.1 Å². The summed E-state index contributed by atoms with van der Waals surface area (Å²) in [4.78, 5) is 42.6. The van der Waals surface area contributed by atoms with Gasteiger partial charge >= 0.3 is 6.03 Å². The molecular formula is C26H33ClN4O4. The summed E-state index contributed by atoms with van der Waals surface area (Å²) in [6, 6.07) is 12.6. The molecule has 0 aromatic heterocycles. The number of urea groups is 1. The van der Waals surface area contributed by atoms with E-state index in [9.17, 15) is 14.4 Å². The van der Waals surface area contributed by atoms with Gasteiger partial charge in [0.1, 0.15) is 11.8 Å². The Morgan fingerprint density at radius 3 is 2.31 bits per heavy atom. The molecule has 0 spiro atoms. The van der Waals surface area contributed by atoms with Gasteiger partial charge in [0.2, 0.25) is 5.91 Å². The van der Waals surface area contributed by atoms with Crippen molar-refractivity contribution >= 4 is 35.1 Å². The molecule has 35 heavy (non-hydrogen) atoms. The second-order valence-corrected chi connectivity index (χ2v) is 9.27. The van der Waals surface area contributed by atoms with E-state index in [0.717, 1.165) is 6.42 Å². The molecule has 188 valence electrons. The summed E-state index contributed by atoms with van der Waals surface area (Å²) in [5.74, 6) is 0.167. The molecule has 3 atom stereocenters. The van der Waals surface area contributed by atoms with Gasteiger partial charge in [-0.15, -0.1) is 0 Å². The number of carbonyl (C=O) groups excluding carboxylic acids is 3. The van der Waals surface area contributed by atoms with E-state index in [1.807, 2.05) is 20.8 Å². The number of anilines is 1. The lowest BCUT2D eigenvalue weighted by molar-refractivity contribution is -0.136. The largest absolute Gasteiger partial charge is 0.497 e. The van der Waals surface area contributed by atoms with Crippen LogP contribution in [0.15, 0.2) is 48.5 Å². The Hall–Kier alpha value is -3.26. The lowest BCUT2D eigenvalue weighted by Gasteiger charge is -2.41. The minimum atomic E-state index is -0.656. The van der Waals surface area contributed by atoms with Crippen LogP contribution in [0.1, 0.15) is 37.6 Å². The maximum Gasteiger partial charge on any atom is 0.322 e. The Morgan fingerprint density at radius 1 is 1.09 bits per heavy atom. The Morgan fingerprint density at radius 2 is 1.74 bits per heavy atom. The number of nitrogens with zero attached hydrogens (tertiary/aromatic N) is 2. The van der Waals surface area contributed by atoms with Crippen molar-refractivity contribution < 1.29 is 19.1 Å². The van der Waals surface area contributed by atoms with E-state index in [1.54, 1.807) is 65.4 Å². The van der Waals surface area contributed by atoms with Crippen LogP contribution in [0.2, 0.25) is 5.02 Å². The molecule has 3 unspecified atom stereocenters. The lowest BCUT2D eigenvalue weighted by Crippen LogP contribution is -2.60. The molecule has 1 heterocycles. The molecule has 9 heteroatoms. The number of nitrogens with one attached hydrogen (secondary N) is 2. The van der Waals surface area contributed by atoms with Crippen LogP contribution >= 0.6 is 11.6 Å². The summed E-state index contributed by atoms with van der Waals surface area (Å²) in [6.07, 6.45) is 0.734. The molecule has 2 N–H and O–H groups in total. The summed E-state index contributed by atoms with van der Waals surface area (Å²) >= 11 is 5.91. The molecule has 0 saturated carbocycles. The van der Waals surface area contributed by atoms with Crippen LogP contribution in [0.5, 0.6) is 5.75 Å². The Kier molecular flexibility index (Phi) is 8.98. The number of piperazine rings is 1. The van der Waals surface area contributed by atoms with E-state index in [2.05, 4.69) is 10.6 Å². The van der Waals surface area contributed by atoms with Crippen molar-refractivity contribution in [3.8, 4) is 5.75 Å². The fraction of sp³-hybridized carbons (Fsp3) is 0.423. The summed E-state index contributed by atoms with van der Waals surface area (Å²) in [5, 5.41) is 6.40. The summed E-state index contributed by atoms with van der Waals surface area (Å²) in [6.45, 7) is 7.03. The summed E-state index contributed by atoms with van der Waals surface area (Å²) < 4.78 is 5.15.